The Kier molecular flexibility index (Phi) is 4.28. The normalized spacial score (nSPS) is 23.8. The number of carbonyl (C=O) groups is 1. The van der Waals surface area contributed by atoms with Gasteiger partial charge in [-0.15, -0.1) is 0 Å². The van der Waals surface area contributed by atoms with Gasteiger partial charge in [-0.1, -0.05) is 13.8 Å². The molecule has 4 nitrogen and oxygen atoms in total. The maximum absolute atomic E-state index is 12.7. The van der Waals surface area contributed by atoms with Crippen LogP contribution in [0.2, 0.25) is 0 Å². The third kappa shape index (κ3) is 3.28. The Labute approximate surface area is 117 Å². The molecule has 20 heavy (non-hydrogen) atoms. The quantitative estimate of drug-likeness (QED) is 0.866. The zero-order valence-corrected chi connectivity index (χ0v) is 11.7. The lowest BCUT2D eigenvalue weighted by Gasteiger charge is -2.49. The number of benzene rings is 1. The minimum Gasteiger partial charge on any atom is -0.493 e. The third-order valence-corrected chi connectivity index (χ3v) is 3.96. The molecule has 1 amide bonds. The van der Waals surface area contributed by atoms with E-state index in [1.54, 1.807) is 0 Å². The molecule has 1 aliphatic rings. The van der Waals surface area contributed by atoms with Crippen molar-refractivity contribution in [2.45, 2.75) is 38.8 Å². The van der Waals surface area contributed by atoms with E-state index in [0.717, 1.165) is 0 Å². The maximum Gasteiger partial charge on any atom is 0.223 e. The molecule has 0 aliphatic heterocycles. The maximum atomic E-state index is 12.7. The lowest BCUT2D eigenvalue weighted by molar-refractivity contribution is -0.129. The molecule has 0 saturated heterocycles. The van der Waals surface area contributed by atoms with Crippen LogP contribution in [0.3, 0.4) is 0 Å². The zero-order chi connectivity index (χ0) is 14.8. The fourth-order valence-corrected chi connectivity index (χ4v) is 2.21. The molecular weight excluding hydrogens is 261 g/mol. The Morgan fingerprint density at radius 2 is 2.10 bits per heavy atom. The first kappa shape index (κ1) is 14.8. The van der Waals surface area contributed by atoms with E-state index in [9.17, 15) is 14.3 Å². The Hall–Kier alpha value is -1.62. The van der Waals surface area contributed by atoms with Crippen LogP contribution in [-0.4, -0.2) is 29.8 Å². The van der Waals surface area contributed by atoms with Gasteiger partial charge in [-0.05, 0) is 30.7 Å². The molecule has 0 aromatic heterocycles. The fourth-order valence-electron chi connectivity index (χ4n) is 2.21. The van der Waals surface area contributed by atoms with Gasteiger partial charge in [-0.3, -0.25) is 4.79 Å². The first-order valence-electron chi connectivity index (χ1n) is 6.75. The van der Waals surface area contributed by atoms with Crippen LogP contribution in [0.5, 0.6) is 5.75 Å². The van der Waals surface area contributed by atoms with Crippen LogP contribution in [0, 0.1) is 11.2 Å². The van der Waals surface area contributed by atoms with Gasteiger partial charge in [0.15, 0.2) is 0 Å². The van der Waals surface area contributed by atoms with Crippen molar-refractivity contribution in [1.82, 2.24) is 5.32 Å². The SMILES string of the molecule is CC1(C)C(O)CC1NC(=O)CCOc1ccc(F)cc1. The number of aliphatic hydroxyl groups is 1. The van der Waals surface area contributed by atoms with E-state index >= 15 is 0 Å². The Morgan fingerprint density at radius 1 is 1.45 bits per heavy atom. The number of amides is 1. The summed E-state index contributed by atoms with van der Waals surface area (Å²) in [5.41, 5.74) is -0.270. The summed E-state index contributed by atoms with van der Waals surface area (Å²) in [6.45, 7) is 4.11. The Balaban J connectivity index is 1.70. The van der Waals surface area contributed by atoms with Crippen molar-refractivity contribution >= 4 is 5.91 Å². The second-order valence-electron chi connectivity index (χ2n) is 5.75. The van der Waals surface area contributed by atoms with Gasteiger partial charge in [0, 0.05) is 11.5 Å². The molecular formula is C15H20FNO3. The Morgan fingerprint density at radius 3 is 2.65 bits per heavy atom. The van der Waals surface area contributed by atoms with E-state index in [1.807, 2.05) is 13.8 Å². The summed E-state index contributed by atoms with van der Waals surface area (Å²) in [6.07, 6.45) is 0.473. The standard InChI is InChI=1S/C15H20FNO3/c1-15(2)12(9-13(15)18)17-14(19)7-8-20-11-5-3-10(16)4-6-11/h3-6,12-13,18H,7-9H2,1-2H3,(H,17,19). The van der Waals surface area contributed by atoms with Crippen LogP contribution in [-0.2, 0) is 4.79 Å². The second kappa shape index (κ2) is 5.79. The third-order valence-electron chi connectivity index (χ3n) is 3.96. The van der Waals surface area contributed by atoms with Gasteiger partial charge in [-0.2, -0.15) is 0 Å². The van der Waals surface area contributed by atoms with E-state index in [2.05, 4.69) is 5.32 Å². The highest BCUT2D eigenvalue weighted by molar-refractivity contribution is 5.76. The molecule has 1 aromatic rings. The first-order valence-corrected chi connectivity index (χ1v) is 6.75. The molecule has 1 aromatic carbocycles. The monoisotopic (exact) mass is 281 g/mol. The minimum atomic E-state index is -0.358. The molecule has 1 saturated carbocycles. The average molecular weight is 281 g/mol. The van der Waals surface area contributed by atoms with Crippen molar-refractivity contribution < 1.29 is 19.0 Å². The predicted molar refractivity (Wildman–Crippen MR) is 72.8 cm³/mol. The zero-order valence-electron chi connectivity index (χ0n) is 11.7. The van der Waals surface area contributed by atoms with E-state index in [4.69, 9.17) is 4.74 Å². The average Bonchev–Trinajstić information content (AvgIpc) is 2.41. The van der Waals surface area contributed by atoms with Gasteiger partial charge in [0.2, 0.25) is 5.91 Å². The molecule has 1 aliphatic carbocycles. The molecule has 2 N–H and O–H groups in total. The lowest BCUT2D eigenvalue weighted by Crippen LogP contribution is -2.61. The van der Waals surface area contributed by atoms with Crippen LogP contribution in [0.15, 0.2) is 24.3 Å². The number of ether oxygens (including phenoxy) is 1. The van der Waals surface area contributed by atoms with Gasteiger partial charge in [0.1, 0.15) is 11.6 Å². The van der Waals surface area contributed by atoms with Crippen molar-refractivity contribution in [2.75, 3.05) is 6.61 Å². The number of halogens is 1. The highest BCUT2D eigenvalue weighted by Crippen LogP contribution is 2.40. The van der Waals surface area contributed by atoms with Gasteiger partial charge in [-0.25, -0.2) is 4.39 Å². The molecule has 2 unspecified atom stereocenters. The van der Waals surface area contributed by atoms with Crippen LogP contribution in [0.4, 0.5) is 4.39 Å². The molecule has 0 radical (unpaired) electrons. The summed E-state index contributed by atoms with van der Waals surface area (Å²) in [4.78, 5) is 11.8. The largest absolute Gasteiger partial charge is 0.493 e. The summed E-state index contributed by atoms with van der Waals surface area (Å²) in [6, 6.07) is 5.69. The highest BCUT2D eigenvalue weighted by Gasteiger charge is 2.47. The topological polar surface area (TPSA) is 58.6 Å². The van der Waals surface area contributed by atoms with Crippen molar-refractivity contribution in [2.24, 2.45) is 5.41 Å². The van der Waals surface area contributed by atoms with Crippen LogP contribution < -0.4 is 10.1 Å². The molecule has 5 heteroatoms. The van der Waals surface area contributed by atoms with Crippen LogP contribution in [0.1, 0.15) is 26.7 Å². The van der Waals surface area contributed by atoms with Crippen LogP contribution >= 0.6 is 0 Å². The van der Waals surface area contributed by atoms with Crippen LogP contribution in [0.25, 0.3) is 0 Å². The molecule has 0 bridgehead atoms. The van der Waals surface area contributed by atoms with Gasteiger partial charge in [0.25, 0.3) is 0 Å². The first-order chi connectivity index (χ1) is 9.39. The number of carbonyl (C=O) groups excluding carboxylic acids is 1. The fraction of sp³-hybridized carbons (Fsp3) is 0.533. The minimum absolute atomic E-state index is 0.0100. The molecule has 1 fully saturated rings. The summed E-state index contributed by atoms with van der Waals surface area (Å²) < 4.78 is 18.1. The van der Waals surface area contributed by atoms with Gasteiger partial charge in [0.05, 0.1) is 19.1 Å². The Bertz CT molecular complexity index is 473. The summed E-state index contributed by atoms with van der Waals surface area (Å²) in [5, 5.41) is 12.5. The summed E-state index contributed by atoms with van der Waals surface area (Å²) in [7, 11) is 0. The van der Waals surface area contributed by atoms with E-state index in [0.29, 0.717) is 12.2 Å². The van der Waals surface area contributed by atoms with Gasteiger partial charge >= 0.3 is 0 Å². The summed E-state index contributed by atoms with van der Waals surface area (Å²) >= 11 is 0. The van der Waals surface area contributed by atoms with Crippen molar-refractivity contribution in [3.05, 3.63) is 30.1 Å². The number of nitrogens with one attached hydrogen (secondary N) is 1. The van der Waals surface area contributed by atoms with Gasteiger partial charge < -0.3 is 15.2 Å². The number of rotatable bonds is 5. The van der Waals surface area contributed by atoms with Crippen molar-refractivity contribution in [3.8, 4) is 5.75 Å². The van der Waals surface area contributed by atoms with Crippen molar-refractivity contribution in [1.29, 1.82) is 0 Å². The molecule has 0 heterocycles. The molecule has 2 atom stereocenters. The highest BCUT2D eigenvalue weighted by atomic mass is 19.1. The van der Waals surface area contributed by atoms with E-state index in [-0.39, 0.29) is 42.3 Å². The molecule has 2 rings (SSSR count). The smallest absolute Gasteiger partial charge is 0.223 e. The van der Waals surface area contributed by atoms with Crippen molar-refractivity contribution in [3.63, 3.8) is 0 Å². The molecule has 0 spiro atoms. The number of hydrogen-bond donors (Lipinski definition) is 2. The van der Waals surface area contributed by atoms with E-state index in [1.165, 1.54) is 24.3 Å². The second-order valence-corrected chi connectivity index (χ2v) is 5.75. The molecule has 110 valence electrons. The predicted octanol–water partition coefficient (Wildman–Crippen LogP) is 1.87. The lowest BCUT2D eigenvalue weighted by atomic mass is 9.64. The summed E-state index contributed by atoms with van der Waals surface area (Å²) in [5.74, 6) is 0.122. The number of aliphatic hydroxyl groups excluding tert-OH is 1. The van der Waals surface area contributed by atoms with E-state index < -0.39 is 0 Å². The number of hydrogen-bond acceptors (Lipinski definition) is 3.